The molecule has 0 aliphatic rings. The molecule has 0 saturated heterocycles. The van der Waals surface area contributed by atoms with Crippen molar-refractivity contribution in [1.82, 2.24) is 15.2 Å². The Balaban J connectivity index is 1.91. The number of nitrogens with zero attached hydrogens (tertiary/aromatic N) is 4. The molecule has 0 bridgehead atoms. The largest absolute Gasteiger partial charge is 0.378 e. The lowest BCUT2D eigenvalue weighted by molar-refractivity contribution is 0.470. The molecule has 124 valence electrons. The van der Waals surface area contributed by atoms with Crippen LogP contribution in [-0.4, -0.2) is 44.0 Å². The molecule has 0 atom stereocenters. The molecule has 5 nitrogen and oxygen atoms in total. The highest BCUT2D eigenvalue weighted by Gasteiger charge is 2.08. The van der Waals surface area contributed by atoms with Gasteiger partial charge in [-0.2, -0.15) is 0 Å². The Morgan fingerprint density at radius 1 is 1.22 bits per heavy atom. The maximum atomic E-state index is 4.50. The van der Waals surface area contributed by atoms with Crippen LogP contribution < -0.4 is 10.2 Å². The van der Waals surface area contributed by atoms with Crippen LogP contribution in [-0.2, 0) is 13.1 Å². The van der Waals surface area contributed by atoms with Gasteiger partial charge in [-0.15, -0.1) is 11.3 Å². The Morgan fingerprint density at radius 3 is 2.43 bits per heavy atom. The lowest BCUT2D eigenvalue weighted by Gasteiger charge is -2.21. The SMILES string of the molecule is CN=C(NCc1ccc(N(C)C)cc1)N(C)Cc1csc(C)n1. The fourth-order valence-corrected chi connectivity index (χ4v) is 2.88. The highest BCUT2D eigenvalue weighted by Crippen LogP contribution is 2.12. The maximum Gasteiger partial charge on any atom is 0.194 e. The smallest absolute Gasteiger partial charge is 0.194 e. The molecule has 23 heavy (non-hydrogen) atoms. The Hall–Kier alpha value is -2.08. The fraction of sp³-hybridized carbons (Fsp3) is 0.412. The minimum atomic E-state index is 0.751. The molecular formula is C17H25N5S. The van der Waals surface area contributed by atoms with E-state index in [2.05, 4.69) is 54.7 Å². The van der Waals surface area contributed by atoms with Crippen LogP contribution in [0, 0.1) is 6.92 Å². The van der Waals surface area contributed by atoms with Crippen molar-refractivity contribution in [3.63, 3.8) is 0 Å². The van der Waals surface area contributed by atoms with Crippen LogP contribution >= 0.6 is 11.3 Å². The summed E-state index contributed by atoms with van der Waals surface area (Å²) in [7, 11) is 7.92. The molecule has 1 aromatic carbocycles. The van der Waals surface area contributed by atoms with E-state index < -0.39 is 0 Å². The number of rotatable bonds is 5. The van der Waals surface area contributed by atoms with Crippen molar-refractivity contribution in [2.75, 3.05) is 33.1 Å². The minimum absolute atomic E-state index is 0.751. The molecule has 0 radical (unpaired) electrons. The van der Waals surface area contributed by atoms with Crippen LogP contribution in [0.1, 0.15) is 16.3 Å². The van der Waals surface area contributed by atoms with Crippen molar-refractivity contribution in [2.24, 2.45) is 4.99 Å². The Bertz CT molecular complexity index is 645. The molecule has 2 rings (SSSR count). The summed E-state index contributed by atoms with van der Waals surface area (Å²) in [5, 5.41) is 6.59. The zero-order valence-electron chi connectivity index (χ0n) is 14.5. The van der Waals surface area contributed by atoms with E-state index in [-0.39, 0.29) is 0 Å². The van der Waals surface area contributed by atoms with E-state index in [9.17, 15) is 0 Å². The second kappa shape index (κ2) is 7.97. The first-order chi connectivity index (χ1) is 11.0. The maximum absolute atomic E-state index is 4.50. The Kier molecular flexibility index (Phi) is 5.98. The van der Waals surface area contributed by atoms with Crippen LogP contribution in [0.25, 0.3) is 0 Å². The van der Waals surface area contributed by atoms with Gasteiger partial charge >= 0.3 is 0 Å². The van der Waals surface area contributed by atoms with Crippen LogP contribution in [0.15, 0.2) is 34.6 Å². The number of hydrogen-bond donors (Lipinski definition) is 1. The normalized spacial score (nSPS) is 11.4. The van der Waals surface area contributed by atoms with Gasteiger partial charge < -0.3 is 15.1 Å². The third kappa shape index (κ3) is 4.96. The van der Waals surface area contributed by atoms with Crippen LogP contribution in [0.3, 0.4) is 0 Å². The number of guanidine groups is 1. The van der Waals surface area contributed by atoms with Crippen molar-refractivity contribution >= 4 is 23.0 Å². The highest BCUT2D eigenvalue weighted by atomic mass is 32.1. The average Bonchev–Trinajstić information content (AvgIpc) is 2.93. The molecule has 0 unspecified atom stereocenters. The van der Waals surface area contributed by atoms with E-state index in [1.54, 1.807) is 18.4 Å². The fourth-order valence-electron chi connectivity index (χ4n) is 2.28. The lowest BCUT2D eigenvalue weighted by atomic mass is 10.2. The van der Waals surface area contributed by atoms with Crippen LogP contribution in [0.5, 0.6) is 0 Å². The zero-order chi connectivity index (χ0) is 16.8. The molecule has 6 heteroatoms. The van der Waals surface area contributed by atoms with Gasteiger partial charge in [0.25, 0.3) is 0 Å². The molecule has 2 aromatic rings. The summed E-state index contributed by atoms with van der Waals surface area (Å²) in [6.45, 7) is 3.53. The van der Waals surface area contributed by atoms with Crippen molar-refractivity contribution in [3.05, 3.63) is 45.9 Å². The summed E-state index contributed by atoms with van der Waals surface area (Å²) in [5.74, 6) is 0.868. The average molecular weight is 331 g/mol. The summed E-state index contributed by atoms with van der Waals surface area (Å²) in [6, 6.07) is 8.53. The topological polar surface area (TPSA) is 43.8 Å². The van der Waals surface area contributed by atoms with Gasteiger partial charge in [0.05, 0.1) is 17.2 Å². The van der Waals surface area contributed by atoms with E-state index >= 15 is 0 Å². The van der Waals surface area contributed by atoms with Crippen molar-refractivity contribution in [1.29, 1.82) is 0 Å². The van der Waals surface area contributed by atoms with E-state index in [4.69, 9.17) is 0 Å². The number of aryl methyl sites for hydroxylation is 1. The van der Waals surface area contributed by atoms with Crippen molar-refractivity contribution < 1.29 is 0 Å². The van der Waals surface area contributed by atoms with Crippen LogP contribution in [0.4, 0.5) is 5.69 Å². The van der Waals surface area contributed by atoms with Gasteiger partial charge in [0.2, 0.25) is 0 Å². The second-order valence-electron chi connectivity index (χ2n) is 5.68. The molecule has 0 aliphatic carbocycles. The third-order valence-corrected chi connectivity index (χ3v) is 4.36. The number of benzene rings is 1. The molecule has 0 saturated carbocycles. The molecule has 0 spiro atoms. The van der Waals surface area contributed by atoms with E-state index in [1.165, 1.54) is 11.3 Å². The Morgan fingerprint density at radius 2 is 1.91 bits per heavy atom. The molecule has 0 fully saturated rings. The number of hydrogen-bond acceptors (Lipinski definition) is 4. The van der Waals surface area contributed by atoms with Crippen molar-refractivity contribution in [2.45, 2.75) is 20.0 Å². The number of aliphatic imine (C=N–C) groups is 1. The summed E-state index contributed by atoms with van der Waals surface area (Å²) in [6.07, 6.45) is 0. The number of thiazole rings is 1. The predicted molar refractivity (Wildman–Crippen MR) is 99.3 cm³/mol. The van der Waals surface area contributed by atoms with Gasteiger partial charge in [0.1, 0.15) is 0 Å². The molecule has 1 N–H and O–H groups in total. The Labute approximate surface area is 142 Å². The summed E-state index contributed by atoms with van der Waals surface area (Å²) in [5.41, 5.74) is 3.51. The quantitative estimate of drug-likeness (QED) is 0.676. The zero-order valence-corrected chi connectivity index (χ0v) is 15.3. The number of aromatic nitrogens is 1. The third-order valence-electron chi connectivity index (χ3n) is 3.54. The predicted octanol–water partition coefficient (Wildman–Crippen LogP) is 2.72. The van der Waals surface area contributed by atoms with E-state index in [1.807, 2.05) is 28.1 Å². The summed E-state index contributed by atoms with van der Waals surface area (Å²) >= 11 is 1.68. The molecule has 1 heterocycles. The van der Waals surface area contributed by atoms with Crippen molar-refractivity contribution in [3.8, 4) is 0 Å². The molecular weight excluding hydrogens is 306 g/mol. The van der Waals surface area contributed by atoms with Gasteiger partial charge in [0, 0.05) is 45.8 Å². The standard InChI is InChI=1S/C17H25N5S/c1-13-20-15(12-23-13)11-22(5)17(18-2)19-10-14-6-8-16(9-7-14)21(3)4/h6-9,12H,10-11H2,1-5H3,(H,18,19). The number of anilines is 1. The van der Waals surface area contributed by atoms with Gasteiger partial charge in [0.15, 0.2) is 5.96 Å². The minimum Gasteiger partial charge on any atom is -0.378 e. The van der Waals surface area contributed by atoms with Crippen LogP contribution in [0.2, 0.25) is 0 Å². The first-order valence-corrected chi connectivity index (χ1v) is 8.46. The van der Waals surface area contributed by atoms with Gasteiger partial charge in [-0.05, 0) is 24.6 Å². The van der Waals surface area contributed by atoms with E-state index in [0.717, 1.165) is 29.8 Å². The van der Waals surface area contributed by atoms with Gasteiger partial charge in [-0.25, -0.2) is 4.98 Å². The highest BCUT2D eigenvalue weighted by molar-refractivity contribution is 7.09. The molecule has 0 aliphatic heterocycles. The molecule has 1 aromatic heterocycles. The molecule has 0 amide bonds. The summed E-state index contributed by atoms with van der Waals surface area (Å²) < 4.78 is 0. The number of nitrogens with one attached hydrogen (secondary N) is 1. The monoisotopic (exact) mass is 331 g/mol. The summed E-state index contributed by atoms with van der Waals surface area (Å²) in [4.78, 5) is 13.0. The second-order valence-corrected chi connectivity index (χ2v) is 6.74. The first kappa shape index (κ1) is 17.3. The van der Waals surface area contributed by atoms with Gasteiger partial charge in [-0.1, -0.05) is 12.1 Å². The first-order valence-electron chi connectivity index (χ1n) is 7.58. The lowest BCUT2D eigenvalue weighted by Crippen LogP contribution is -2.38. The van der Waals surface area contributed by atoms with E-state index in [0.29, 0.717) is 0 Å². The van der Waals surface area contributed by atoms with Gasteiger partial charge in [-0.3, -0.25) is 4.99 Å².